The number of rotatable bonds is 12. The summed E-state index contributed by atoms with van der Waals surface area (Å²) in [5.74, 6) is 0.0497. The molecule has 4 aromatic rings. The topological polar surface area (TPSA) is 100 Å². The fourth-order valence-electron chi connectivity index (χ4n) is 3.81. The number of likely N-dealkylation sites (N-methyl/N-ethyl adjacent to an activating group) is 1. The smallest absolute Gasteiger partial charge is 0.159 e. The normalized spacial score (nSPS) is 13.4. The van der Waals surface area contributed by atoms with Crippen LogP contribution in [0, 0.1) is 11.3 Å². The predicted molar refractivity (Wildman–Crippen MR) is 157 cm³/mol. The third-order valence-electron chi connectivity index (χ3n) is 5.61. The first kappa shape index (κ1) is 23.4. The van der Waals surface area contributed by atoms with Crippen molar-refractivity contribution in [2.24, 2.45) is 0 Å². The highest BCUT2D eigenvalue weighted by molar-refractivity contribution is 6.32. The average Bonchev–Trinajstić information content (AvgIpc) is 3.01. The number of carbonyl (C=O) groups is 1. The lowest BCUT2D eigenvalue weighted by molar-refractivity contribution is -0.114. The van der Waals surface area contributed by atoms with Gasteiger partial charge in [0.05, 0.1) is 36.8 Å². The van der Waals surface area contributed by atoms with Crippen molar-refractivity contribution in [3.8, 4) is 17.6 Å². The third kappa shape index (κ3) is 7.35. The van der Waals surface area contributed by atoms with Gasteiger partial charge >= 0.3 is 0 Å². The molecule has 0 aliphatic rings. The van der Waals surface area contributed by atoms with Gasteiger partial charge in [0.2, 0.25) is 0 Å². The molecule has 8 nitrogen and oxygen atoms in total. The van der Waals surface area contributed by atoms with E-state index in [0.717, 1.165) is 10.6 Å². The summed E-state index contributed by atoms with van der Waals surface area (Å²) < 4.78 is 44.1. The summed E-state index contributed by atoms with van der Waals surface area (Å²) in [6, 6.07) is 14.6. The van der Waals surface area contributed by atoms with E-state index in [1.165, 1.54) is 20.3 Å². The van der Waals surface area contributed by atoms with E-state index < -0.39 is 24.4 Å². The Morgan fingerprint density at radius 1 is 1.20 bits per heavy atom. The molecule has 0 fully saturated rings. The molecule has 0 atom stereocenters. The number of nitrogens with one attached hydrogen (secondary N) is 1. The van der Waals surface area contributed by atoms with Crippen LogP contribution in [0.5, 0.6) is 11.5 Å². The van der Waals surface area contributed by atoms with Gasteiger partial charge in [0.1, 0.15) is 24.2 Å². The maximum absolute atomic E-state index is 13.1. The molecular weight excluding hydrogens is 526 g/mol. The van der Waals surface area contributed by atoms with Gasteiger partial charge in [-0.05, 0) is 63.5 Å². The van der Waals surface area contributed by atoms with Gasteiger partial charge in [0, 0.05) is 50.8 Å². The predicted octanol–water partition coefficient (Wildman–Crippen LogP) is 6.11. The summed E-state index contributed by atoms with van der Waals surface area (Å²) in [6.45, 7) is 0.00665. The van der Waals surface area contributed by atoms with Crippen molar-refractivity contribution in [1.82, 2.24) is 14.9 Å². The second-order valence-electron chi connectivity index (χ2n) is 8.80. The number of nitrogens with zero attached hydrogens (tertiary/aromatic N) is 4. The highest BCUT2D eigenvalue weighted by atomic mass is 35.5. The molecule has 4 rings (SSSR count). The molecule has 204 valence electrons. The molecule has 0 aliphatic carbocycles. The summed E-state index contributed by atoms with van der Waals surface area (Å²) in [6.07, 6.45) is 2.77. The zero-order valence-electron chi connectivity index (χ0n) is 26.3. The number of anilines is 2. The van der Waals surface area contributed by atoms with E-state index in [1.807, 2.05) is 18.2 Å². The minimum absolute atomic E-state index is 0.235. The lowest BCUT2D eigenvalue weighted by Crippen LogP contribution is -2.11. The minimum atomic E-state index is -2.30. The van der Waals surface area contributed by atoms with E-state index in [1.54, 1.807) is 43.5 Å². The standard InChI is InChI=1S/C31H30ClN5O3/c1-4-39-30-17-28-26(15-21(30)14-25(38)9-7-13-37(2)3)31(22(18-33)19-35-28)36-23-10-11-29(27(32)16-23)40-20-24-8-5-6-12-34-24/h5-12,15-17,19H,4,13-14,20H2,1-3H3,(H,35,36)/b9-7+/i7D,9D,13D2. The summed E-state index contributed by atoms with van der Waals surface area (Å²) >= 11 is 6.51. The highest BCUT2D eigenvalue weighted by Gasteiger charge is 2.16. The molecule has 0 bridgehead atoms. The summed E-state index contributed by atoms with van der Waals surface area (Å²) in [4.78, 5) is 22.9. The number of hydrogen-bond acceptors (Lipinski definition) is 8. The molecule has 0 aliphatic heterocycles. The SMILES string of the molecule is [2H]/C(C(=O)Cc1cc2c(Nc3ccc(OCc4ccccn4)c(Cl)c3)c(C#N)cnc2cc1OCC)=C(/[2H])C([2H])([2H])N(C)C. The van der Waals surface area contributed by atoms with Gasteiger partial charge in [-0.2, -0.15) is 5.26 Å². The van der Waals surface area contributed by atoms with E-state index >= 15 is 0 Å². The van der Waals surface area contributed by atoms with Crippen LogP contribution in [0.1, 0.15) is 29.2 Å². The number of fused-ring (bicyclic) bond motifs is 1. The molecular formula is C31H30ClN5O3. The highest BCUT2D eigenvalue weighted by Crippen LogP contribution is 2.36. The van der Waals surface area contributed by atoms with Gasteiger partial charge in [-0.15, -0.1) is 0 Å². The lowest BCUT2D eigenvalue weighted by atomic mass is 10.0. The first-order valence-corrected chi connectivity index (χ1v) is 12.8. The summed E-state index contributed by atoms with van der Waals surface area (Å²) in [5, 5.41) is 14.0. The number of carbonyl (C=O) groups excluding carboxylic acids is 1. The molecule has 40 heavy (non-hydrogen) atoms. The maximum Gasteiger partial charge on any atom is 0.159 e. The Morgan fingerprint density at radius 3 is 2.75 bits per heavy atom. The van der Waals surface area contributed by atoms with Gasteiger partial charge in [0.15, 0.2) is 5.78 Å². The van der Waals surface area contributed by atoms with Crippen molar-refractivity contribution in [2.75, 3.05) is 32.5 Å². The number of hydrogen-bond donors (Lipinski definition) is 1. The van der Waals surface area contributed by atoms with E-state index in [0.29, 0.717) is 44.4 Å². The Kier molecular flexibility index (Phi) is 7.95. The van der Waals surface area contributed by atoms with Crippen molar-refractivity contribution in [3.63, 3.8) is 0 Å². The molecule has 2 aromatic carbocycles. The van der Waals surface area contributed by atoms with Crippen molar-refractivity contribution in [3.05, 3.63) is 94.9 Å². The third-order valence-corrected chi connectivity index (χ3v) is 5.90. The number of halogens is 1. The fourth-order valence-corrected chi connectivity index (χ4v) is 4.05. The van der Waals surface area contributed by atoms with Crippen LogP contribution in [0.15, 0.2) is 73.0 Å². The summed E-state index contributed by atoms with van der Waals surface area (Å²) in [5.41, 5.74) is 2.84. The van der Waals surface area contributed by atoms with Crippen molar-refractivity contribution in [2.45, 2.75) is 20.0 Å². The Labute approximate surface area is 244 Å². The van der Waals surface area contributed by atoms with Gasteiger partial charge in [0.25, 0.3) is 0 Å². The molecule has 0 saturated carbocycles. The van der Waals surface area contributed by atoms with Gasteiger partial charge in [-0.25, -0.2) is 0 Å². The number of nitriles is 1. The quantitative estimate of drug-likeness (QED) is 0.208. The van der Waals surface area contributed by atoms with Crippen LogP contribution in [-0.4, -0.2) is 47.9 Å². The molecule has 0 radical (unpaired) electrons. The number of benzene rings is 2. The van der Waals surface area contributed by atoms with Gasteiger partial charge in [-0.3, -0.25) is 14.8 Å². The van der Waals surface area contributed by atoms with Crippen LogP contribution in [0.4, 0.5) is 11.4 Å². The Balaban J connectivity index is 1.70. The maximum atomic E-state index is 13.1. The molecule has 0 spiro atoms. The minimum Gasteiger partial charge on any atom is -0.494 e. The van der Waals surface area contributed by atoms with Crippen molar-refractivity contribution >= 4 is 39.7 Å². The second kappa shape index (κ2) is 13.6. The van der Waals surface area contributed by atoms with Crippen LogP contribution in [-0.2, 0) is 17.8 Å². The van der Waals surface area contributed by atoms with Crippen LogP contribution in [0.25, 0.3) is 10.9 Å². The Morgan fingerprint density at radius 2 is 2.05 bits per heavy atom. The first-order chi connectivity index (χ1) is 21.0. The van der Waals surface area contributed by atoms with E-state index in [2.05, 4.69) is 21.4 Å². The molecule has 0 amide bonds. The molecule has 2 aromatic heterocycles. The number of pyridine rings is 2. The van der Waals surface area contributed by atoms with Crippen LogP contribution >= 0.6 is 11.6 Å². The molecule has 9 heteroatoms. The average molecular weight is 560 g/mol. The van der Waals surface area contributed by atoms with Gasteiger partial charge < -0.3 is 19.7 Å². The Bertz CT molecular complexity index is 1760. The van der Waals surface area contributed by atoms with Crippen molar-refractivity contribution in [1.29, 1.82) is 5.26 Å². The van der Waals surface area contributed by atoms with Crippen LogP contribution in [0.2, 0.25) is 5.02 Å². The molecule has 1 N–H and O–H groups in total. The molecule has 0 unspecified atom stereocenters. The first-order valence-electron chi connectivity index (χ1n) is 14.4. The zero-order chi connectivity index (χ0) is 32.0. The monoisotopic (exact) mass is 559 g/mol. The number of ketones is 1. The van der Waals surface area contributed by atoms with Crippen LogP contribution < -0.4 is 14.8 Å². The number of ether oxygens (including phenoxy) is 2. The van der Waals surface area contributed by atoms with Gasteiger partial charge in [-0.1, -0.05) is 23.7 Å². The zero-order valence-corrected chi connectivity index (χ0v) is 23.0. The lowest BCUT2D eigenvalue weighted by Gasteiger charge is -2.16. The number of allylic oxidation sites excluding steroid dienone is 1. The van der Waals surface area contributed by atoms with E-state index in [-0.39, 0.29) is 25.2 Å². The number of aromatic nitrogens is 2. The Hall–Kier alpha value is -4.45. The van der Waals surface area contributed by atoms with Crippen molar-refractivity contribution < 1.29 is 19.8 Å². The molecule has 2 heterocycles. The summed E-state index contributed by atoms with van der Waals surface area (Å²) in [7, 11) is 2.85. The fraction of sp³-hybridized carbons (Fsp3) is 0.226. The largest absolute Gasteiger partial charge is 0.494 e. The van der Waals surface area contributed by atoms with E-state index in [9.17, 15) is 10.1 Å². The van der Waals surface area contributed by atoms with E-state index in [4.69, 9.17) is 26.6 Å². The van der Waals surface area contributed by atoms with Crippen LogP contribution in [0.3, 0.4) is 0 Å². The molecule has 0 saturated heterocycles. The second-order valence-corrected chi connectivity index (χ2v) is 9.21.